The first-order chi connectivity index (χ1) is 8.58. The topological polar surface area (TPSA) is 54.0 Å². The SMILES string of the molecule is CCNc1ccc(Cl)c(C(=O)NCC(C)SC)n1. The average molecular weight is 288 g/mol. The minimum Gasteiger partial charge on any atom is -0.370 e. The van der Waals surface area contributed by atoms with E-state index < -0.39 is 0 Å². The zero-order valence-electron chi connectivity index (χ0n) is 10.8. The third-order valence-electron chi connectivity index (χ3n) is 2.37. The molecule has 1 amide bonds. The normalized spacial score (nSPS) is 12.0. The predicted molar refractivity (Wildman–Crippen MR) is 78.7 cm³/mol. The van der Waals surface area contributed by atoms with Crippen molar-refractivity contribution in [3.8, 4) is 0 Å². The first-order valence-corrected chi connectivity index (χ1v) is 7.46. The molecular weight excluding hydrogens is 270 g/mol. The number of nitrogens with zero attached hydrogens (tertiary/aromatic N) is 1. The second kappa shape index (κ2) is 7.48. The van der Waals surface area contributed by atoms with E-state index in [0.717, 1.165) is 6.54 Å². The van der Waals surface area contributed by atoms with Gasteiger partial charge in [-0.2, -0.15) is 11.8 Å². The van der Waals surface area contributed by atoms with Crippen molar-refractivity contribution in [1.29, 1.82) is 0 Å². The highest BCUT2D eigenvalue weighted by Crippen LogP contribution is 2.16. The summed E-state index contributed by atoms with van der Waals surface area (Å²) in [6.45, 7) is 5.37. The monoisotopic (exact) mass is 287 g/mol. The summed E-state index contributed by atoms with van der Waals surface area (Å²) in [6, 6.07) is 3.44. The molecule has 1 rings (SSSR count). The van der Waals surface area contributed by atoms with E-state index in [2.05, 4.69) is 22.5 Å². The van der Waals surface area contributed by atoms with Crippen molar-refractivity contribution in [1.82, 2.24) is 10.3 Å². The van der Waals surface area contributed by atoms with Gasteiger partial charge in [-0.3, -0.25) is 4.79 Å². The largest absolute Gasteiger partial charge is 0.370 e. The lowest BCUT2D eigenvalue weighted by Gasteiger charge is -2.11. The number of pyridine rings is 1. The van der Waals surface area contributed by atoms with Crippen LogP contribution in [0.25, 0.3) is 0 Å². The van der Waals surface area contributed by atoms with Crippen molar-refractivity contribution in [3.63, 3.8) is 0 Å². The fraction of sp³-hybridized carbons (Fsp3) is 0.500. The van der Waals surface area contributed by atoms with E-state index >= 15 is 0 Å². The van der Waals surface area contributed by atoms with Gasteiger partial charge in [0.05, 0.1) is 5.02 Å². The van der Waals surface area contributed by atoms with Crippen LogP contribution in [0.15, 0.2) is 12.1 Å². The lowest BCUT2D eigenvalue weighted by Crippen LogP contribution is -2.30. The second-order valence-electron chi connectivity index (χ2n) is 3.81. The molecule has 2 N–H and O–H groups in total. The molecule has 1 aromatic heterocycles. The summed E-state index contributed by atoms with van der Waals surface area (Å²) >= 11 is 7.68. The van der Waals surface area contributed by atoms with Gasteiger partial charge in [-0.25, -0.2) is 4.98 Å². The molecule has 1 aromatic rings. The molecule has 0 aromatic carbocycles. The Morgan fingerprint density at radius 3 is 2.89 bits per heavy atom. The predicted octanol–water partition coefficient (Wildman–Crippen LogP) is 2.65. The number of nitrogens with one attached hydrogen (secondary N) is 2. The number of anilines is 1. The van der Waals surface area contributed by atoms with Crippen LogP contribution < -0.4 is 10.6 Å². The molecule has 0 aliphatic carbocycles. The van der Waals surface area contributed by atoms with Gasteiger partial charge in [-0.1, -0.05) is 18.5 Å². The smallest absolute Gasteiger partial charge is 0.271 e. The van der Waals surface area contributed by atoms with Gasteiger partial charge in [0.2, 0.25) is 0 Å². The van der Waals surface area contributed by atoms with E-state index in [1.54, 1.807) is 23.9 Å². The number of aromatic nitrogens is 1. The van der Waals surface area contributed by atoms with Crippen LogP contribution in [0, 0.1) is 0 Å². The molecule has 1 atom stereocenters. The van der Waals surface area contributed by atoms with Gasteiger partial charge in [-0.05, 0) is 25.3 Å². The number of thioether (sulfide) groups is 1. The fourth-order valence-electron chi connectivity index (χ4n) is 1.28. The minimum atomic E-state index is -0.236. The quantitative estimate of drug-likeness (QED) is 0.845. The Balaban J connectivity index is 2.74. The van der Waals surface area contributed by atoms with E-state index in [1.165, 1.54) is 0 Å². The second-order valence-corrected chi connectivity index (χ2v) is 5.50. The van der Waals surface area contributed by atoms with Gasteiger partial charge in [-0.15, -0.1) is 0 Å². The molecule has 4 nitrogen and oxygen atoms in total. The van der Waals surface area contributed by atoms with Crippen molar-refractivity contribution in [2.75, 3.05) is 24.7 Å². The van der Waals surface area contributed by atoms with Gasteiger partial charge in [0, 0.05) is 18.3 Å². The highest BCUT2D eigenvalue weighted by Gasteiger charge is 2.13. The number of carbonyl (C=O) groups is 1. The summed E-state index contributed by atoms with van der Waals surface area (Å²) in [5.74, 6) is 0.422. The summed E-state index contributed by atoms with van der Waals surface area (Å²) in [5, 5.41) is 6.61. The van der Waals surface area contributed by atoms with Gasteiger partial charge in [0.25, 0.3) is 5.91 Å². The Morgan fingerprint density at radius 2 is 2.28 bits per heavy atom. The Kier molecular flexibility index (Phi) is 6.29. The average Bonchev–Trinajstić information content (AvgIpc) is 2.38. The van der Waals surface area contributed by atoms with Crippen LogP contribution in [0.3, 0.4) is 0 Å². The van der Waals surface area contributed by atoms with Crippen LogP contribution in [0.5, 0.6) is 0 Å². The van der Waals surface area contributed by atoms with Crippen molar-refractivity contribution in [2.45, 2.75) is 19.1 Å². The zero-order chi connectivity index (χ0) is 13.5. The Bertz CT molecular complexity index is 414. The molecule has 0 bridgehead atoms. The molecule has 0 radical (unpaired) electrons. The summed E-state index contributed by atoms with van der Waals surface area (Å²) in [6.07, 6.45) is 2.01. The third kappa shape index (κ3) is 4.38. The maximum atomic E-state index is 11.9. The number of hydrogen-bond donors (Lipinski definition) is 2. The zero-order valence-corrected chi connectivity index (χ0v) is 12.4. The van der Waals surface area contributed by atoms with Crippen LogP contribution in [0.4, 0.5) is 5.82 Å². The van der Waals surface area contributed by atoms with E-state index in [1.807, 2.05) is 13.2 Å². The Morgan fingerprint density at radius 1 is 1.56 bits per heavy atom. The molecule has 0 saturated carbocycles. The molecule has 6 heteroatoms. The molecule has 100 valence electrons. The molecule has 1 heterocycles. The molecular formula is C12H18ClN3OS. The summed E-state index contributed by atoms with van der Waals surface area (Å²) in [5.41, 5.74) is 0.267. The molecule has 1 unspecified atom stereocenters. The van der Waals surface area contributed by atoms with E-state index in [-0.39, 0.29) is 11.6 Å². The molecule has 0 fully saturated rings. The van der Waals surface area contributed by atoms with Crippen LogP contribution >= 0.6 is 23.4 Å². The van der Waals surface area contributed by atoms with Crippen molar-refractivity contribution < 1.29 is 4.79 Å². The van der Waals surface area contributed by atoms with Gasteiger partial charge in [0.15, 0.2) is 0 Å². The highest BCUT2D eigenvalue weighted by atomic mass is 35.5. The van der Waals surface area contributed by atoms with E-state index in [0.29, 0.717) is 22.6 Å². The van der Waals surface area contributed by atoms with Crippen molar-refractivity contribution in [2.24, 2.45) is 0 Å². The van der Waals surface area contributed by atoms with Crippen molar-refractivity contribution >= 4 is 35.1 Å². The van der Waals surface area contributed by atoms with Crippen molar-refractivity contribution in [3.05, 3.63) is 22.8 Å². The summed E-state index contributed by atoms with van der Waals surface area (Å²) in [4.78, 5) is 16.2. The lowest BCUT2D eigenvalue weighted by atomic mass is 10.3. The van der Waals surface area contributed by atoms with Crippen LogP contribution in [-0.4, -0.2) is 35.5 Å². The Hall–Kier alpha value is -0.940. The van der Waals surface area contributed by atoms with Crippen LogP contribution in [-0.2, 0) is 0 Å². The molecule has 0 saturated heterocycles. The molecule has 0 aliphatic rings. The molecule has 18 heavy (non-hydrogen) atoms. The first-order valence-electron chi connectivity index (χ1n) is 5.79. The lowest BCUT2D eigenvalue weighted by molar-refractivity contribution is 0.0949. The Labute approximate surface area is 117 Å². The van der Waals surface area contributed by atoms with Crippen LogP contribution in [0.2, 0.25) is 5.02 Å². The number of hydrogen-bond acceptors (Lipinski definition) is 4. The van der Waals surface area contributed by atoms with Gasteiger partial charge < -0.3 is 10.6 Å². The van der Waals surface area contributed by atoms with Gasteiger partial charge >= 0.3 is 0 Å². The molecule has 0 spiro atoms. The fourth-order valence-corrected chi connectivity index (χ4v) is 1.73. The third-order valence-corrected chi connectivity index (χ3v) is 3.65. The van der Waals surface area contributed by atoms with Gasteiger partial charge in [0.1, 0.15) is 11.5 Å². The number of halogens is 1. The maximum absolute atomic E-state index is 11.9. The van der Waals surface area contributed by atoms with E-state index in [9.17, 15) is 4.79 Å². The van der Waals surface area contributed by atoms with Crippen LogP contribution in [0.1, 0.15) is 24.3 Å². The van der Waals surface area contributed by atoms with E-state index in [4.69, 9.17) is 11.6 Å². The number of amides is 1. The first kappa shape index (κ1) is 15.1. The molecule has 0 aliphatic heterocycles. The summed E-state index contributed by atoms with van der Waals surface area (Å²) < 4.78 is 0. The number of rotatable bonds is 6. The number of carbonyl (C=O) groups excluding carboxylic acids is 1. The minimum absolute atomic E-state index is 0.236. The standard InChI is InChI=1S/C12H18ClN3OS/c1-4-14-10-6-5-9(13)11(16-10)12(17)15-7-8(2)18-3/h5-6,8H,4,7H2,1-3H3,(H,14,16)(H,15,17). The summed E-state index contributed by atoms with van der Waals surface area (Å²) in [7, 11) is 0. The highest BCUT2D eigenvalue weighted by molar-refractivity contribution is 7.99. The maximum Gasteiger partial charge on any atom is 0.271 e.